The average molecular weight is 415 g/mol. The highest BCUT2D eigenvalue weighted by molar-refractivity contribution is 6.31. The Morgan fingerprint density at radius 1 is 1.18 bits per heavy atom. The zero-order valence-electron chi connectivity index (χ0n) is 14.9. The first-order chi connectivity index (χ1) is 13.4. The molecule has 2 heterocycles. The van der Waals surface area contributed by atoms with Gasteiger partial charge in [0.1, 0.15) is 11.9 Å². The van der Waals surface area contributed by atoms with Crippen molar-refractivity contribution in [2.24, 2.45) is 0 Å². The van der Waals surface area contributed by atoms with Gasteiger partial charge in [0.15, 0.2) is 0 Å². The number of fused-ring (bicyclic) bond motifs is 1. The topological polar surface area (TPSA) is 76.0 Å². The molecule has 0 spiro atoms. The first-order valence-electron chi connectivity index (χ1n) is 8.63. The van der Waals surface area contributed by atoms with Gasteiger partial charge in [-0.05, 0) is 48.9 Å². The molecule has 4 rings (SSSR count). The molecule has 0 radical (unpaired) electrons. The minimum absolute atomic E-state index is 0.0302. The lowest BCUT2D eigenvalue weighted by atomic mass is 10.1. The molecule has 2 N–H and O–H groups in total. The molecule has 1 aromatic heterocycles. The Labute approximate surface area is 171 Å². The fraction of sp³-hybridized carbons (Fsp3) is 0.150. The van der Waals surface area contributed by atoms with Crippen molar-refractivity contribution < 1.29 is 9.59 Å². The van der Waals surface area contributed by atoms with Crippen molar-refractivity contribution >= 4 is 46.5 Å². The molecular weight excluding hydrogens is 399 g/mol. The van der Waals surface area contributed by atoms with E-state index in [0.717, 1.165) is 16.8 Å². The largest absolute Gasteiger partial charge is 0.326 e. The van der Waals surface area contributed by atoms with E-state index in [4.69, 9.17) is 23.2 Å². The minimum atomic E-state index is -0.714. The summed E-state index contributed by atoms with van der Waals surface area (Å²) in [5, 5.41) is 11.3. The van der Waals surface area contributed by atoms with Gasteiger partial charge in [0.05, 0.1) is 12.1 Å². The Balaban J connectivity index is 1.58. The average Bonchev–Trinajstić information content (AvgIpc) is 3.11. The first kappa shape index (κ1) is 18.5. The first-order valence-corrected chi connectivity index (χ1v) is 9.39. The van der Waals surface area contributed by atoms with Crippen molar-refractivity contribution in [3.63, 3.8) is 0 Å². The number of amides is 2. The number of halogens is 2. The van der Waals surface area contributed by atoms with Crippen molar-refractivity contribution in [3.8, 4) is 11.1 Å². The monoisotopic (exact) mass is 414 g/mol. The Kier molecular flexibility index (Phi) is 4.83. The van der Waals surface area contributed by atoms with Crippen LogP contribution in [0.3, 0.4) is 0 Å². The van der Waals surface area contributed by atoms with Gasteiger partial charge in [0.2, 0.25) is 5.91 Å². The molecule has 1 aliphatic rings. The number of aryl methyl sites for hydroxylation is 1. The zero-order valence-corrected chi connectivity index (χ0v) is 16.4. The van der Waals surface area contributed by atoms with Gasteiger partial charge in [0.25, 0.3) is 5.91 Å². The molecular formula is C20H16Cl2N4O2. The van der Waals surface area contributed by atoms with Crippen LogP contribution in [0.5, 0.6) is 0 Å². The highest BCUT2D eigenvalue weighted by Crippen LogP contribution is 2.38. The van der Waals surface area contributed by atoms with E-state index < -0.39 is 6.04 Å². The fourth-order valence-corrected chi connectivity index (χ4v) is 3.61. The maximum atomic E-state index is 12.5. The summed E-state index contributed by atoms with van der Waals surface area (Å²) < 4.78 is 1.58. The molecule has 0 aliphatic carbocycles. The van der Waals surface area contributed by atoms with Crippen LogP contribution in [-0.2, 0) is 9.59 Å². The van der Waals surface area contributed by atoms with E-state index in [-0.39, 0.29) is 18.2 Å². The summed E-state index contributed by atoms with van der Waals surface area (Å²) >= 11 is 12.0. The maximum absolute atomic E-state index is 12.5. The Hall–Kier alpha value is -2.83. The summed E-state index contributed by atoms with van der Waals surface area (Å²) in [6, 6.07) is 13.4. The lowest BCUT2D eigenvalue weighted by Crippen LogP contribution is -2.23. The molecule has 142 valence electrons. The van der Waals surface area contributed by atoms with E-state index in [1.54, 1.807) is 35.0 Å². The van der Waals surface area contributed by atoms with Crippen LogP contribution in [0.1, 0.15) is 18.2 Å². The number of hydrogen-bond donors (Lipinski definition) is 2. The molecule has 28 heavy (non-hydrogen) atoms. The van der Waals surface area contributed by atoms with Gasteiger partial charge < -0.3 is 10.6 Å². The Bertz CT molecular complexity index is 1080. The smallest absolute Gasteiger partial charge is 0.251 e. The molecule has 1 aliphatic heterocycles. The van der Waals surface area contributed by atoms with Gasteiger partial charge in [-0.15, -0.1) is 0 Å². The molecule has 6 nitrogen and oxygen atoms in total. The van der Waals surface area contributed by atoms with E-state index in [1.807, 2.05) is 25.1 Å². The van der Waals surface area contributed by atoms with Gasteiger partial charge in [0, 0.05) is 21.3 Å². The van der Waals surface area contributed by atoms with Crippen LogP contribution in [0, 0.1) is 6.92 Å². The van der Waals surface area contributed by atoms with E-state index in [9.17, 15) is 9.59 Å². The molecule has 1 atom stereocenters. The summed E-state index contributed by atoms with van der Waals surface area (Å²) in [4.78, 5) is 24.9. The van der Waals surface area contributed by atoms with Crippen molar-refractivity contribution in [3.05, 3.63) is 64.3 Å². The van der Waals surface area contributed by atoms with Crippen LogP contribution in [0.4, 0.5) is 11.5 Å². The molecule has 0 bridgehead atoms. The highest BCUT2D eigenvalue weighted by atomic mass is 35.5. The molecule has 2 amide bonds. The van der Waals surface area contributed by atoms with Gasteiger partial charge in [-0.2, -0.15) is 5.10 Å². The van der Waals surface area contributed by atoms with Crippen molar-refractivity contribution in [2.45, 2.75) is 19.4 Å². The SMILES string of the molecule is Cc1nn2c(c1-c1cccc(Cl)c1)NC(=O)C2CC(=O)Nc1ccc(Cl)cc1. The number of rotatable bonds is 4. The van der Waals surface area contributed by atoms with E-state index in [2.05, 4.69) is 15.7 Å². The second kappa shape index (κ2) is 7.30. The number of nitrogens with one attached hydrogen (secondary N) is 2. The number of carbonyl (C=O) groups excluding carboxylic acids is 2. The zero-order chi connectivity index (χ0) is 19.8. The van der Waals surface area contributed by atoms with E-state index >= 15 is 0 Å². The highest BCUT2D eigenvalue weighted by Gasteiger charge is 2.36. The van der Waals surface area contributed by atoms with Crippen molar-refractivity contribution in [1.82, 2.24) is 9.78 Å². The van der Waals surface area contributed by atoms with Gasteiger partial charge in [-0.1, -0.05) is 35.3 Å². The lowest BCUT2D eigenvalue weighted by molar-refractivity contribution is -0.123. The normalized spacial score (nSPS) is 15.2. The molecule has 0 saturated carbocycles. The van der Waals surface area contributed by atoms with Gasteiger partial charge >= 0.3 is 0 Å². The van der Waals surface area contributed by atoms with E-state index in [0.29, 0.717) is 21.6 Å². The summed E-state index contributed by atoms with van der Waals surface area (Å²) in [7, 11) is 0. The molecule has 0 saturated heterocycles. The molecule has 8 heteroatoms. The van der Waals surface area contributed by atoms with Crippen molar-refractivity contribution in [2.75, 3.05) is 10.6 Å². The Morgan fingerprint density at radius 2 is 1.93 bits per heavy atom. The summed E-state index contributed by atoms with van der Waals surface area (Å²) in [5.74, 6) is 0.0267. The molecule has 2 aromatic carbocycles. The second-order valence-corrected chi connectivity index (χ2v) is 7.40. The maximum Gasteiger partial charge on any atom is 0.251 e. The van der Waals surface area contributed by atoms with Gasteiger partial charge in [-0.25, -0.2) is 4.68 Å². The van der Waals surface area contributed by atoms with Gasteiger partial charge in [-0.3, -0.25) is 9.59 Å². The molecule has 1 unspecified atom stereocenters. The summed E-state index contributed by atoms with van der Waals surface area (Å²) in [5.41, 5.74) is 3.03. The van der Waals surface area contributed by atoms with E-state index in [1.165, 1.54) is 0 Å². The predicted octanol–water partition coefficient (Wildman–Crippen LogP) is 4.69. The van der Waals surface area contributed by atoms with Crippen LogP contribution >= 0.6 is 23.2 Å². The Morgan fingerprint density at radius 3 is 2.64 bits per heavy atom. The molecule has 3 aromatic rings. The van der Waals surface area contributed by atoms with Crippen LogP contribution < -0.4 is 10.6 Å². The third kappa shape index (κ3) is 3.48. The number of nitrogens with zero attached hydrogens (tertiary/aromatic N) is 2. The molecule has 0 fully saturated rings. The number of aromatic nitrogens is 2. The predicted molar refractivity (Wildman–Crippen MR) is 110 cm³/mol. The number of carbonyl (C=O) groups is 2. The minimum Gasteiger partial charge on any atom is -0.326 e. The standard InChI is InChI=1S/C20H16Cl2N4O2/c1-11-18(12-3-2-4-14(22)9-12)19-24-20(28)16(26(19)25-11)10-17(27)23-15-7-5-13(21)6-8-15/h2-9,16H,10H2,1H3,(H,23,27)(H,24,28). The van der Waals surface area contributed by atoms with Crippen molar-refractivity contribution in [1.29, 1.82) is 0 Å². The number of anilines is 2. The summed E-state index contributed by atoms with van der Waals surface area (Å²) in [6.45, 7) is 1.86. The number of hydrogen-bond acceptors (Lipinski definition) is 3. The van der Waals surface area contributed by atoms with Crippen LogP contribution in [-0.4, -0.2) is 21.6 Å². The third-order valence-electron chi connectivity index (χ3n) is 4.54. The van der Waals surface area contributed by atoms with Crippen LogP contribution in [0.25, 0.3) is 11.1 Å². The third-order valence-corrected chi connectivity index (χ3v) is 5.03. The number of benzene rings is 2. The second-order valence-electron chi connectivity index (χ2n) is 6.53. The fourth-order valence-electron chi connectivity index (χ4n) is 3.29. The quantitative estimate of drug-likeness (QED) is 0.649. The summed E-state index contributed by atoms with van der Waals surface area (Å²) in [6.07, 6.45) is -0.0302. The van der Waals surface area contributed by atoms with Crippen LogP contribution in [0.15, 0.2) is 48.5 Å². The van der Waals surface area contributed by atoms with Crippen LogP contribution in [0.2, 0.25) is 10.0 Å². The lowest BCUT2D eigenvalue weighted by Gasteiger charge is -2.10.